The molecule has 1 fully saturated rings. The summed E-state index contributed by atoms with van der Waals surface area (Å²) in [6.07, 6.45) is 9.67. The monoisotopic (exact) mass is 594 g/mol. The van der Waals surface area contributed by atoms with E-state index in [0.717, 1.165) is 75.1 Å². The number of rotatable bonds is 15. The molecular weight excluding hydrogens is 539 g/mol. The fourth-order valence-corrected chi connectivity index (χ4v) is 7.66. The van der Waals surface area contributed by atoms with Crippen molar-refractivity contribution in [2.45, 2.75) is 124 Å². The Morgan fingerprint density at radius 2 is 1.67 bits per heavy atom. The van der Waals surface area contributed by atoms with Gasteiger partial charge in [-0.3, -0.25) is 9.69 Å². The molecule has 2 aromatic carbocycles. The van der Waals surface area contributed by atoms with E-state index in [4.69, 9.17) is 9.47 Å². The molecule has 2 aliphatic heterocycles. The minimum absolute atomic E-state index is 0.0436. The van der Waals surface area contributed by atoms with Crippen molar-refractivity contribution in [2.24, 2.45) is 11.3 Å². The first kappa shape index (κ1) is 33.3. The highest BCUT2D eigenvalue weighted by molar-refractivity contribution is 5.95. The molecule has 2 aliphatic rings. The number of amides is 1. The highest BCUT2D eigenvalue weighted by Gasteiger charge is 2.48. The van der Waals surface area contributed by atoms with E-state index in [-0.39, 0.29) is 41.9 Å². The highest BCUT2D eigenvalue weighted by atomic mass is 19.1. The molecule has 0 N–H and O–H groups in total. The smallest absolute Gasteiger partial charge is 0.241 e. The molecule has 3 unspecified atom stereocenters. The second kappa shape index (κ2) is 14.9. The third-order valence-corrected chi connectivity index (χ3v) is 9.93. The van der Waals surface area contributed by atoms with Gasteiger partial charge in [0.05, 0.1) is 6.54 Å². The molecule has 0 bridgehead atoms. The lowest BCUT2D eigenvalue weighted by atomic mass is 9.72. The Labute approximate surface area is 260 Å². The fraction of sp³-hybridized carbons (Fsp3) is 0.649. The van der Waals surface area contributed by atoms with Gasteiger partial charge in [-0.05, 0) is 79.0 Å². The number of hydrogen-bond acceptors (Lipinski definition) is 4. The molecule has 6 heteroatoms. The number of halogens is 1. The Hall–Kier alpha value is -2.60. The SMILES string of the molecule is CCCCC(CCCC)N(C(=O)CN1CC(c2ccc3c(c2)OCO3)C(C)C1C(C)(C)CCCC)c1ccc(F)c(C)c1. The summed E-state index contributed by atoms with van der Waals surface area (Å²) in [6, 6.07) is 11.9. The minimum Gasteiger partial charge on any atom is -0.454 e. The maximum Gasteiger partial charge on any atom is 0.241 e. The Balaban J connectivity index is 1.68. The van der Waals surface area contributed by atoms with E-state index in [2.05, 4.69) is 58.6 Å². The van der Waals surface area contributed by atoms with E-state index in [1.54, 1.807) is 13.0 Å². The zero-order valence-corrected chi connectivity index (χ0v) is 27.8. The highest BCUT2D eigenvalue weighted by Crippen LogP contribution is 2.48. The van der Waals surface area contributed by atoms with Crippen molar-refractivity contribution in [1.82, 2.24) is 4.90 Å². The zero-order valence-electron chi connectivity index (χ0n) is 27.8. The van der Waals surface area contributed by atoms with Crippen molar-refractivity contribution in [3.05, 3.63) is 53.3 Å². The normalized spacial score (nSPS) is 20.3. The third-order valence-electron chi connectivity index (χ3n) is 9.93. The van der Waals surface area contributed by atoms with Crippen LogP contribution in [0.3, 0.4) is 0 Å². The number of likely N-dealkylation sites (tertiary alicyclic amines) is 1. The molecule has 1 amide bonds. The van der Waals surface area contributed by atoms with Gasteiger partial charge < -0.3 is 14.4 Å². The van der Waals surface area contributed by atoms with Gasteiger partial charge in [0, 0.05) is 30.2 Å². The van der Waals surface area contributed by atoms with Crippen LogP contribution in [0, 0.1) is 24.1 Å². The Kier molecular flexibility index (Phi) is 11.6. The van der Waals surface area contributed by atoms with Gasteiger partial charge in [0.2, 0.25) is 12.7 Å². The standard InChI is InChI=1S/C37H55FN2O3/c1-8-11-14-29(15-12-9-2)40(30-17-18-32(38)26(4)21-30)35(41)24-39-23-31(27(5)36(39)37(6,7)20-13-10-3)28-16-19-33-34(22-28)43-25-42-33/h16-19,21-22,27,29,31,36H,8-15,20,23-25H2,1-7H3. The van der Waals surface area contributed by atoms with E-state index < -0.39 is 0 Å². The van der Waals surface area contributed by atoms with Gasteiger partial charge in [0.25, 0.3) is 0 Å². The van der Waals surface area contributed by atoms with Crippen LogP contribution < -0.4 is 14.4 Å². The molecule has 2 aromatic rings. The Morgan fingerprint density at radius 3 is 2.33 bits per heavy atom. The number of fused-ring (bicyclic) bond motifs is 1. The molecule has 0 radical (unpaired) electrons. The number of hydrogen-bond donors (Lipinski definition) is 0. The lowest BCUT2D eigenvalue weighted by Gasteiger charge is -2.41. The molecule has 0 spiro atoms. The molecule has 0 aromatic heterocycles. The molecule has 4 rings (SSSR count). The van der Waals surface area contributed by atoms with Crippen molar-refractivity contribution < 1.29 is 18.7 Å². The fourth-order valence-electron chi connectivity index (χ4n) is 7.66. The molecule has 0 aliphatic carbocycles. The van der Waals surface area contributed by atoms with Gasteiger partial charge >= 0.3 is 0 Å². The first-order valence-electron chi connectivity index (χ1n) is 16.8. The van der Waals surface area contributed by atoms with Gasteiger partial charge in [-0.15, -0.1) is 0 Å². The Bertz CT molecular complexity index is 1210. The molecule has 238 valence electrons. The van der Waals surface area contributed by atoms with Gasteiger partial charge in [-0.2, -0.15) is 0 Å². The van der Waals surface area contributed by atoms with Crippen LogP contribution in [0.15, 0.2) is 36.4 Å². The predicted molar refractivity (Wildman–Crippen MR) is 175 cm³/mol. The van der Waals surface area contributed by atoms with Gasteiger partial charge in [0.1, 0.15) is 5.82 Å². The summed E-state index contributed by atoms with van der Waals surface area (Å²) in [5.41, 5.74) is 2.69. The van der Waals surface area contributed by atoms with Gasteiger partial charge in [-0.25, -0.2) is 4.39 Å². The maximum atomic E-state index is 14.6. The second-order valence-electron chi connectivity index (χ2n) is 13.7. The van der Waals surface area contributed by atoms with Crippen molar-refractivity contribution in [1.29, 1.82) is 0 Å². The molecule has 1 saturated heterocycles. The lowest BCUT2D eigenvalue weighted by molar-refractivity contribution is -0.121. The molecule has 0 saturated carbocycles. The first-order valence-corrected chi connectivity index (χ1v) is 16.8. The number of unbranched alkanes of at least 4 members (excludes halogenated alkanes) is 3. The Morgan fingerprint density at radius 1 is 1.00 bits per heavy atom. The van der Waals surface area contributed by atoms with E-state index in [1.807, 2.05) is 17.0 Å². The topological polar surface area (TPSA) is 42.0 Å². The van der Waals surface area contributed by atoms with Crippen molar-refractivity contribution >= 4 is 11.6 Å². The molecule has 3 atom stereocenters. The number of carbonyl (C=O) groups is 1. The summed E-state index contributed by atoms with van der Waals surface area (Å²) in [5, 5.41) is 0. The first-order chi connectivity index (χ1) is 20.6. The molecule has 43 heavy (non-hydrogen) atoms. The van der Waals surface area contributed by atoms with Crippen LogP contribution in [-0.2, 0) is 4.79 Å². The van der Waals surface area contributed by atoms with Crippen LogP contribution in [0.1, 0.15) is 116 Å². The summed E-state index contributed by atoms with van der Waals surface area (Å²) >= 11 is 0. The largest absolute Gasteiger partial charge is 0.454 e. The van der Waals surface area contributed by atoms with Crippen LogP contribution in [0.5, 0.6) is 11.5 Å². The molecule has 2 heterocycles. The number of ether oxygens (including phenoxy) is 2. The van der Waals surface area contributed by atoms with Gasteiger partial charge in [-0.1, -0.05) is 86.1 Å². The number of carbonyl (C=O) groups excluding carboxylic acids is 1. The van der Waals surface area contributed by atoms with Crippen molar-refractivity contribution in [2.75, 3.05) is 24.8 Å². The maximum absolute atomic E-state index is 14.6. The van der Waals surface area contributed by atoms with Crippen LogP contribution in [0.4, 0.5) is 10.1 Å². The minimum atomic E-state index is -0.229. The quantitative estimate of drug-likeness (QED) is 0.206. The van der Waals surface area contributed by atoms with Crippen LogP contribution in [-0.4, -0.2) is 42.8 Å². The predicted octanol–water partition coefficient (Wildman–Crippen LogP) is 9.27. The van der Waals surface area contributed by atoms with E-state index in [1.165, 1.54) is 18.1 Å². The average molecular weight is 595 g/mol. The van der Waals surface area contributed by atoms with E-state index in [0.29, 0.717) is 18.0 Å². The third kappa shape index (κ3) is 7.74. The number of anilines is 1. The average Bonchev–Trinajstić information content (AvgIpc) is 3.58. The van der Waals surface area contributed by atoms with E-state index in [9.17, 15) is 9.18 Å². The zero-order chi connectivity index (χ0) is 31.1. The summed E-state index contributed by atoms with van der Waals surface area (Å²) in [6.45, 7) is 17.0. The summed E-state index contributed by atoms with van der Waals surface area (Å²) in [5.74, 6) is 2.15. The number of aryl methyl sites for hydroxylation is 1. The van der Waals surface area contributed by atoms with Crippen molar-refractivity contribution in [3.63, 3.8) is 0 Å². The number of nitrogens with zero attached hydrogens (tertiary/aromatic N) is 2. The van der Waals surface area contributed by atoms with Crippen LogP contribution in [0.25, 0.3) is 0 Å². The summed E-state index contributed by atoms with van der Waals surface area (Å²) < 4.78 is 25.7. The van der Waals surface area contributed by atoms with E-state index >= 15 is 0 Å². The van der Waals surface area contributed by atoms with Crippen LogP contribution in [0.2, 0.25) is 0 Å². The van der Waals surface area contributed by atoms with Crippen LogP contribution >= 0.6 is 0 Å². The molecular formula is C37H55FN2O3. The summed E-state index contributed by atoms with van der Waals surface area (Å²) in [4.78, 5) is 19.1. The van der Waals surface area contributed by atoms with Gasteiger partial charge in [0.15, 0.2) is 11.5 Å². The van der Waals surface area contributed by atoms with Crippen molar-refractivity contribution in [3.8, 4) is 11.5 Å². The second-order valence-corrected chi connectivity index (χ2v) is 13.7. The summed E-state index contributed by atoms with van der Waals surface area (Å²) in [7, 11) is 0. The lowest BCUT2D eigenvalue weighted by Crippen LogP contribution is -2.51. The molecule has 5 nitrogen and oxygen atoms in total. The number of benzene rings is 2.